The number of alkyl halides is 1. The van der Waals surface area contributed by atoms with Crippen LogP contribution in [-0.2, 0) is 19.4 Å². The number of halogens is 2. The normalized spacial score (nSPS) is 13.8. The Morgan fingerprint density at radius 1 is 1.37 bits per heavy atom. The standard InChI is InChI=1S/C14H25BrFN3/c1-6-11-13(15)12(19(7-2)18-11)8-10(16)9-17-14(3,4)5/h10,17H,6-9H2,1-5H3. The summed E-state index contributed by atoms with van der Waals surface area (Å²) in [7, 11) is 0. The number of hydrogen-bond acceptors (Lipinski definition) is 2. The monoisotopic (exact) mass is 333 g/mol. The highest BCUT2D eigenvalue weighted by atomic mass is 79.9. The van der Waals surface area contributed by atoms with Crippen molar-refractivity contribution in [2.75, 3.05) is 6.54 Å². The van der Waals surface area contributed by atoms with Crippen LogP contribution >= 0.6 is 15.9 Å². The molecule has 110 valence electrons. The molecule has 0 aliphatic rings. The lowest BCUT2D eigenvalue weighted by atomic mass is 10.1. The highest BCUT2D eigenvalue weighted by Gasteiger charge is 2.19. The Labute approximate surface area is 124 Å². The maximum Gasteiger partial charge on any atom is 0.118 e. The third-order valence-corrected chi connectivity index (χ3v) is 3.88. The van der Waals surface area contributed by atoms with Gasteiger partial charge in [-0.15, -0.1) is 0 Å². The molecule has 19 heavy (non-hydrogen) atoms. The van der Waals surface area contributed by atoms with Crippen LogP contribution in [0, 0.1) is 0 Å². The molecule has 0 aromatic carbocycles. The van der Waals surface area contributed by atoms with Crippen LogP contribution in [0.25, 0.3) is 0 Å². The number of hydrogen-bond donors (Lipinski definition) is 1. The fraction of sp³-hybridized carbons (Fsp3) is 0.786. The van der Waals surface area contributed by atoms with E-state index in [0.29, 0.717) is 13.0 Å². The minimum atomic E-state index is -0.901. The van der Waals surface area contributed by atoms with Crippen LogP contribution in [0.4, 0.5) is 4.39 Å². The van der Waals surface area contributed by atoms with Gasteiger partial charge in [-0.1, -0.05) is 6.92 Å². The molecule has 0 saturated heterocycles. The first-order valence-corrected chi connectivity index (χ1v) is 7.71. The first-order valence-electron chi connectivity index (χ1n) is 6.91. The lowest BCUT2D eigenvalue weighted by molar-refractivity contribution is 0.280. The van der Waals surface area contributed by atoms with Crippen molar-refractivity contribution in [1.82, 2.24) is 15.1 Å². The Kier molecular flexibility index (Phi) is 5.99. The Bertz CT molecular complexity index is 410. The summed E-state index contributed by atoms with van der Waals surface area (Å²) in [5.74, 6) is 0. The van der Waals surface area contributed by atoms with E-state index in [-0.39, 0.29) is 5.54 Å². The number of nitrogens with one attached hydrogen (secondary N) is 1. The summed E-state index contributed by atoms with van der Waals surface area (Å²) >= 11 is 3.55. The van der Waals surface area contributed by atoms with Crippen LogP contribution in [0.15, 0.2) is 4.47 Å². The van der Waals surface area contributed by atoms with Gasteiger partial charge in [-0.25, -0.2) is 4.39 Å². The van der Waals surface area contributed by atoms with Crippen LogP contribution in [0.3, 0.4) is 0 Å². The van der Waals surface area contributed by atoms with Gasteiger partial charge in [0, 0.05) is 25.0 Å². The van der Waals surface area contributed by atoms with Gasteiger partial charge in [0.15, 0.2) is 0 Å². The molecule has 5 heteroatoms. The van der Waals surface area contributed by atoms with E-state index >= 15 is 0 Å². The van der Waals surface area contributed by atoms with E-state index in [0.717, 1.165) is 28.8 Å². The van der Waals surface area contributed by atoms with Gasteiger partial charge in [-0.05, 0) is 50.0 Å². The topological polar surface area (TPSA) is 29.9 Å². The van der Waals surface area contributed by atoms with Gasteiger partial charge >= 0.3 is 0 Å². The molecule has 0 fully saturated rings. The summed E-state index contributed by atoms with van der Waals surface area (Å²) in [5, 5.41) is 7.69. The highest BCUT2D eigenvalue weighted by molar-refractivity contribution is 9.10. The smallest absolute Gasteiger partial charge is 0.118 e. The molecule has 1 N–H and O–H groups in total. The van der Waals surface area contributed by atoms with E-state index in [1.807, 2.05) is 32.4 Å². The number of rotatable bonds is 6. The molecule has 0 amide bonds. The van der Waals surface area contributed by atoms with Gasteiger partial charge in [-0.2, -0.15) is 5.10 Å². The molecular weight excluding hydrogens is 309 g/mol. The van der Waals surface area contributed by atoms with Crippen LogP contribution in [-0.4, -0.2) is 28.0 Å². The third-order valence-electron chi connectivity index (χ3n) is 2.96. The molecule has 3 nitrogen and oxygen atoms in total. The number of aryl methyl sites for hydroxylation is 2. The Balaban J connectivity index is 2.73. The minimum absolute atomic E-state index is 0.0544. The van der Waals surface area contributed by atoms with Gasteiger partial charge in [0.2, 0.25) is 0 Å². The minimum Gasteiger partial charge on any atom is -0.309 e. The van der Waals surface area contributed by atoms with Gasteiger partial charge in [0.25, 0.3) is 0 Å². The second-order valence-corrected chi connectivity index (χ2v) is 6.60. The molecule has 1 heterocycles. The lowest BCUT2D eigenvalue weighted by Crippen LogP contribution is -2.40. The molecule has 0 saturated carbocycles. The number of aromatic nitrogens is 2. The quantitative estimate of drug-likeness (QED) is 0.863. The average Bonchev–Trinajstić information content (AvgIpc) is 2.63. The van der Waals surface area contributed by atoms with Gasteiger partial charge < -0.3 is 5.32 Å². The van der Waals surface area contributed by atoms with Crippen molar-refractivity contribution in [3.05, 3.63) is 15.9 Å². The van der Waals surface area contributed by atoms with Crippen molar-refractivity contribution in [3.63, 3.8) is 0 Å². The summed E-state index contributed by atoms with van der Waals surface area (Å²) in [5.41, 5.74) is 1.91. The third kappa shape index (κ3) is 4.88. The van der Waals surface area contributed by atoms with E-state index < -0.39 is 6.17 Å². The van der Waals surface area contributed by atoms with E-state index in [9.17, 15) is 4.39 Å². The van der Waals surface area contributed by atoms with Crippen LogP contribution in [0.2, 0.25) is 0 Å². The zero-order valence-corrected chi connectivity index (χ0v) is 14.1. The number of nitrogens with zero attached hydrogens (tertiary/aromatic N) is 2. The molecular formula is C14H25BrFN3. The molecule has 1 aromatic heterocycles. The molecule has 0 aliphatic heterocycles. The Hall–Kier alpha value is -0.420. The first kappa shape index (κ1) is 16.6. The molecule has 1 atom stereocenters. The van der Waals surface area contributed by atoms with Gasteiger partial charge in [-0.3, -0.25) is 4.68 Å². The van der Waals surface area contributed by atoms with E-state index in [1.54, 1.807) is 0 Å². The van der Waals surface area contributed by atoms with Crippen molar-refractivity contribution < 1.29 is 4.39 Å². The summed E-state index contributed by atoms with van der Waals surface area (Å²) in [6.07, 6.45) is 0.352. The van der Waals surface area contributed by atoms with Crippen molar-refractivity contribution in [3.8, 4) is 0 Å². The predicted molar refractivity (Wildman–Crippen MR) is 81.3 cm³/mol. The van der Waals surface area contributed by atoms with Crippen molar-refractivity contribution in [1.29, 1.82) is 0 Å². The predicted octanol–water partition coefficient (Wildman–Crippen LogP) is 3.50. The van der Waals surface area contributed by atoms with Crippen LogP contribution in [0.5, 0.6) is 0 Å². The van der Waals surface area contributed by atoms with Crippen molar-refractivity contribution >= 4 is 15.9 Å². The SMILES string of the molecule is CCc1nn(CC)c(CC(F)CNC(C)(C)C)c1Br. The van der Waals surface area contributed by atoms with Gasteiger partial charge in [0.1, 0.15) is 6.17 Å². The zero-order chi connectivity index (χ0) is 14.6. The second kappa shape index (κ2) is 6.84. The summed E-state index contributed by atoms with van der Waals surface area (Å²) in [6.45, 7) is 11.4. The lowest BCUT2D eigenvalue weighted by Gasteiger charge is -2.22. The Morgan fingerprint density at radius 3 is 2.47 bits per heavy atom. The molecule has 0 spiro atoms. The van der Waals surface area contributed by atoms with Crippen LogP contribution < -0.4 is 5.32 Å². The summed E-state index contributed by atoms with van der Waals surface area (Å²) < 4.78 is 17.0. The fourth-order valence-corrected chi connectivity index (χ4v) is 2.64. The van der Waals surface area contributed by atoms with E-state index in [4.69, 9.17) is 0 Å². The summed E-state index contributed by atoms with van der Waals surface area (Å²) in [4.78, 5) is 0. The largest absolute Gasteiger partial charge is 0.309 e. The van der Waals surface area contributed by atoms with E-state index in [2.05, 4.69) is 33.3 Å². The Morgan fingerprint density at radius 2 is 2.00 bits per heavy atom. The molecule has 0 bridgehead atoms. The summed E-state index contributed by atoms with van der Waals surface area (Å²) in [6, 6.07) is 0. The average molecular weight is 334 g/mol. The van der Waals surface area contributed by atoms with Crippen molar-refractivity contribution in [2.24, 2.45) is 0 Å². The van der Waals surface area contributed by atoms with Crippen molar-refractivity contribution in [2.45, 2.75) is 65.7 Å². The zero-order valence-electron chi connectivity index (χ0n) is 12.6. The molecule has 0 aliphatic carbocycles. The maximum atomic E-state index is 14.1. The second-order valence-electron chi connectivity index (χ2n) is 5.81. The van der Waals surface area contributed by atoms with Crippen LogP contribution in [0.1, 0.15) is 46.0 Å². The van der Waals surface area contributed by atoms with E-state index in [1.165, 1.54) is 0 Å². The molecule has 1 aromatic rings. The first-order chi connectivity index (χ1) is 8.78. The van der Waals surface area contributed by atoms with Gasteiger partial charge in [0.05, 0.1) is 15.9 Å². The highest BCUT2D eigenvalue weighted by Crippen LogP contribution is 2.24. The fourth-order valence-electron chi connectivity index (χ4n) is 1.91. The molecule has 1 unspecified atom stereocenters. The molecule has 0 radical (unpaired) electrons. The molecule has 1 rings (SSSR count). The maximum absolute atomic E-state index is 14.1.